The van der Waals surface area contributed by atoms with Gasteiger partial charge in [0.05, 0.1) is 23.1 Å². The van der Waals surface area contributed by atoms with Crippen LogP contribution in [0, 0.1) is 18.8 Å². The van der Waals surface area contributed by atoms with E-state index in [-0.39, 0.29) is 11.8 Å². The first-order valence-corrected chi connectivity index (χ1v) is 11.7. The van der Waals surface area contributed by atoms with E-state index >= 15 is 0 Å². The number of benzene rings is 2. The van der Waals surface area contributed by atoms with Crippen molar-refractivity contribution in [1.29, 1.82) is 0 Å². The molecule has 0 bridgehead atoms. The summed E-state index contributed by atoms with van der Waals surface area (Å²) in [5.41, 5.74) is 3.26. The Morgan fingerprint density at radius 3 is 2.30 bits per heavy atom. The Hall–Kier alpha value is -3.35. The number of carbonyl (C=O) groups is 3. The number of aryl methyl sites for hydroxylation is 1. The maximum atomic E-state index is 13.3. The SMILES string of the molecule is Cc1cccc(N2CCN(C(=O)c3ccccc3NC(=O)[C@H]3CCCC[C@H]3C(=O)O)CC2)c1. The van der Waals surface area contributed by atoms with Crippen LogP contribution in [-0.2, 0) is 9.59 Å². The standard InChI is InChI=1S/C26H31N3O4/c1-18-7-6-8-19(17-18)28-13-15-29(16-14-28)25(31)22-11-4-5-12-23(22)27-24(30)20-9-2-3-10-21(20)26(32)33/h4-8,11-12,17,20-21H,2-3,9-10,13-16H2,1H3,(H,27,30)(H,32,33)/t20-,21+/m0/s1. The van der Waals surface area contributed by atoms with E-state index in [0.29, 0.717) is 37.2 Å². The van der Waals surface area contributed by atoms with Gasteiger partial charge in [-0.25, -0.2) is 0 Å². The van der Waals surface area contributed by atoms with Crippen LogP contribution in [0.2, 0.25) is 0 Å². The van der Waals surface area contributed by atoms with Crippen molar-refractivity contribution in [3.63, 3.8) is 0 Å². The summed E-state index contributed by atoms with van der Waals surface area (Å²) in [6.07, 6.45) is 2.73. The summed E-state index contributed by atoms with van der Waals surface area (Å²) >= 11 is 0. The minimum atomic E-state index is -0.925. The predicted molar refractivity (Wildman–Crippen MR) is 127 cm³/mol. The monoisotopic (exact) mass is 449 g/mol. The Morgan fingerprint density at radius 2 is 1.61 bits per heavy atom. The highest BCUT2D eigenvalue weighted by molar-refractivity contribution is 6.04. The van der Waals surface area contributed by atoms with Crippen molar-refractivity contribution in [2.24, 2.45) is 11.8 Å². The predicted octanol–water partition coefficient (Wildman–Crippen LogP) is 3.79. The van der Waals surface area contributed by atoms with Crippen LogP contribution < -0.4 is 10.2 Å². The number of rotatable bonds is 5. The maximum absolute atomic E-state index is 13.3. The van der Waals surface area contributed by atoms with Crippen molar-refractivity contribution >= 4 is 29.2 Å². The van der Waals surface area contributed by atoms with Gasteiger partial charge in [0.2, 0.25) is 5.91 Å². The Balaban J connectivity index is 1.43. The first-order valence-electron chi connectivity index (χ1n) is 11.7. The normalized spacial score (nSPS) is 20.9. The molecule has 2 aromatic carbocycles. The largest absolute Gasteiger partial charge is 0.481 e. The number of nitrogens with one attached hydrogen (secondary N) is 1. The summed E-state index contributed by atoms with van der Waals surface area (Å²) in [5.74, 6) is -2.60. The van der Waals surface area contributed by atoms with Crippen molar-refractivity contribution < 1.29 is 19.5 Å². The molecule has 7 nitrogen and oxygen atoms in total. The molecule has 0 aromatic heterocycles. The Kier molecular flexibility index (Phi) is 6.96. The maximum Gasteiger partial charge on any atom is 0.307 e. The lowest BCUT2D eigenvalue weighted by Crippen LogP contribution is -2.49. The molecule has 1 saturated carbocycles. The number of hydrogen-bond acceptors (Lipinski definition) is 4. The average molecular weight is 450 g/mol. The highest BCUT2D eigenvalue weighted by Crippen LogP contribution is 2.32. The van der Waals surface area contributed by atoms with Gasteiger partial charge in [-0.1, -0.05) is 37.1 Å². The molecule has 0 unspecified atom stereocenters. The van der Waals surface area contributed by atoms with Crippen molar-refractivity contribution in [1.82, 2.24) is 4.90 Å². The number of para-hydroxylation sites is 1. The summed E-state index contributed by atoms with van der Waals surface area (Å²) in [6, 6.07) is 15.4. The molecule has 2 aromatic rings. The van der Waals surface area contributed by atoms with Crippen molar-refractivity contribution in [3.8, 4) is 0 Å². The van der Waals surface area contributed by atoms with Gasteiger partial charge >= 0.3 is 5.97 Å². The van der Waals surface area contributed by atoms with Crippen LogP contribution in [0.1, 0.15) is 41.6 Å². The van der Waals surface area contributed by atoms with E-state index in [9.17, 15) is 19.5 Å². The van der Waals surface area contributed by atoms with Crippen molar-refractivity contribution in [2.75, 3.05) is 36.4 Å². The minimum absolute atomic E-state index is 0.117. The second-order valence-corrected chi connectivity index (χ2v) is 8.99. The van der Waals surface area contributed by atoms with E-state index in [2.05, 4.69) is 35.3 Å². The molecule has 4 rings (SSSR count). The van der Waals surface area contributed by atoms with E-state index in [1.54, 1.807) is 24.3 Å². The Morgan fingerprint density at radius 1 is 0.909 bits per heavy atom. The molecule has 1 saturated heterocycles. The van der Waals surface area contributed by atoms with Crippen molar-refractivity contribution in [2.45, 2.75) is 32.6 Å². The molecule has 2 fully saturated rings. The number of anilines is 2. The molecular weight excluding hydrogens is 418 g/mol. The fraction of sp³-hybridized carbons (Fsp3) is 0.423. The Bertz CT molecular complexity index is 1030. The van der Waals surface area contributed by atoms with Gasteiger partial charge < -0.3 is 20.2 Å². The molecule has 2 N–H and O–H groups in total. The van der Waals surface area contributed by atoms with Crippen LogP contribution >= 0.6 is 0 Å². The van der Waals surface area contributed by atoms with Gasteiger partial charge in [0.15, 0.2) is 0 Å². The lowest BCUT2D eigenvalue weighted by atomic mass is 9.78. The van der Waals surface area contributed by atoms with Crippen LogP contribution in [0.4, 0.5) is 11.4 Å². The van der Waals surface area contributed by atoms with Gasteiger partial charge in [-0.2, -0.15) is 0 Å². The zero-order chi connectivity index (χ0) is 23.4. The first kappa shape index (κ1) is 22.8. The number of piperazine rings is 1. The van der Waals surface area contributed by atoms with Crippen LogP contribution in [0.3, 0.4) is 0 Å². The van der Waals surface area contributed by atoms with Crippen LogP contribution in [0.15, 0.2) is 48.5 Å². The second kappa shape index (κ2) is 10.1. The Labute approximate surface area is 194 Å². The number of carbonyl (C=O) groups excluding carboxylic acids is 2. The van der Waals surface area contributed by atoms with Crippen LogP contribution in [0.5, 0.6) is 0 Å². The van der Waals surface area contributed by atoms with Gasteiger partial charge in [-0.3, -0.25) is 14.4 Å². The molecule has 1 heterocycles. The van der Waals surface area contributed by atoms with Gasteiger partial charge in [-0.05, 0) is 49.6 Å². The smallest absolute Gasteiger partial charge is 0.307 e. The van der Waals surface area contributed by atoms with Gasteiger partial charge in [-0.15, -0.1) is 0 Å². The number of carboxylic acid groups (broad SMARTS) is 1. The third-order valence-corrected chi connectivity index (χ3v) is 6.77. The fourth-order valence-corrected chi connectivity index (χ4v) is 4.91. The number of carboxylic acids is 1. The summed E-state index contributed by atoms with van der Waals surface area (Å²) in [5, 5.41) is 12.4. The van der Waals surface area contributed by atoms with E-state index in [1.807, 2.05) is 11.0 Å². The van der Waals surface area contributed by atoms with E-state index in [1.165, 1.54) is 5.56 Å². The molecule has 2 aliphatic rings. The lowest BCUT2D eigenvalue weighted by Gasteiger charge is -2.36. The average Bonchev–Trinajstić information content (AvgIpc) is 2.84. The summed E-state index contributed by atoms with van der Waals surface area (Å²) in [6.45, 7) is 4.75. The number of hydrogen-bond donors (Lipinski definition) is 2. The third kappa shape index (κ3) is 5.18. The van der Waals surface area contributed by atoms with Crippen LogP contribution in [-0.4, -0.2) is 54.0 Å². The summed E-state index contributed by atoms with van der Waals surface area (Å²) in [7, 11) is 0. The molecular formula is C26H31N3O4. The molecule has 7 heteroatoms. The number of aliphatic carboxylic acids is 1. The molecule has 0 radical (unpaired) electrons. The number of nitrogens with zero attached hydrogens (tertiary/aromatic N) is 2. The van der Waals surface area contributed by atoms with E-state index in [4.69, 9.17) is 0 Å². The third-order valence-electron chi connectivity index (χ3n) is 6.77. The van der Waals surface area contributed by atoms with Gasteiger partial charge in [0.25, 0.3) is 5.91 Å². The number of amides is 2. The molecule has 1 aliphatic carbocycles. The zero-order valence-electron chi connectivity index (χ0n) is 19.0. The molecule has 174 valence electrons. The van der Waals surface area contributed by atoms with Gasteiger partial charge in [0.1, 0.15) is 0 Å². The topological polar surface area (TPSA) is 90.0 Å². The second-order valence-electron chi connectivity index (χ2n) is 8.99. The minimum Gasteiger partial charge on any atom is -0.481 e. The highest BCUT2D eigenvalue weighted by Gasteiger charge is 2.36. The highest BCUT2D eigenvalue weighted by atomic mass is 16.4. The quantitative estimate of drug-likeness (QED) is 0.725. The van der Waals surface area contributed by atoms with Crippen LogP contribution in [0.25, 0.3) is 0 Å². The lowest BCUT2D eigenvalue weighted by molar-refractivity contribution is -0.147. The van der Waals surface area contributed by atoms with Crippen molar-refractivity contribution in [3.05, 3.63) is 59.7 Å². The molecule has 0 spiro atoms. The zero-order valence-corrected chi connectivity index (χ0v) is 19.0. The first-order chi connectivity index (χ1) is 15.9. The molecule has 2 amide bonds. The molecule has 2 atom stereocenters. The molecule has 1 aliphatic heterocycles. The van der Waals surface area contributed by atoms with E-state index < -0.39 is 17.8 Å². The van der Waals surface area contributed by atoms with Gasteiger partial charge in [0, 0.05) is 31.9 Å². The summed E-state index contributed by atoms with van der Waals surface area (Å²) in [4.78, 5) is 42.0. The van der Waals surface area contributed by atoms with E-state index in [0.717, 1.165) is 31.6 Å². The summed E-state index contributed by atoms with van der Waals surface area (Å²) < 4.78 is 0. The fourth-order valence-electron chi connectivity index (χ4n) is 4.91. The molecule has 33 heavy (non-hydrogen) atoms.